The van der Waals surface area contributed by atoms with Crippen LogP contribution in [0.2, 0.25) is 0 Å². The van der Waals surface area contributed by atoms with Crippen LogP contribution in [-0.4, -0.2) is 32.7 Å². The van der Waals surface area contributed by atoms with E-state index < -0.39 is 20.7 Å². The van der Waals surface area contributed by atoms with E-state index in [0.717, 1.165) is 24.0 Å². The highest BCUT2D eigenvalue weighted by atomic mass is 32.2. The van der Waals surface area contributed by atoms with Gasteiger partial charge in [-0.3, -0.25) is 4.18 Å². The van der Waals surface area contributed by atoms with Gasteiger partial charge in [-0.15, -0.1) is 0 Å². The second-order valence-corrected chi connectivity index (χ2v) is 15.1. The molecule has 0 N–H and O–H groups in total. The van der Waals surface area contributed by atoms with E-state index in [4.69, 9.17) is 13.7 Å². The lowest BCUT2D eigenvalue weighted by atomic mass is 9.81. The van der Waals surface area contributed by atoms with Crippen LogP contribution < -0.4 is 4.74 Å². The average Bonchev–Trinajstić information content (AvgIpc) is 3.04. The van der Waals surface area contributed by atoms with E-state index in [1.54, 1.807) is 0 Å². The van der Waals surface area contributed by atoms with Crippen molar-refractivity contribution < 1.29 is 22.1 Å². The molecule has 5 nitrogen and oxygen atoms in total. The highest BCUT2D eigenvalue weighted by Gasteiger charge is 2.37. The molecule has 3 atom stereocenters. The maximum atomic E-state index is 12.4. The van der Waals surface area contributed by atoms with Crippen molar-refractivity contribution in [3.05, 3.63) is 137 Å². The van der Waals surface area contributed by atoms with Crippen LogP contribution in [0.15, 0.2) is 103 Å². The van der Waals surface area contributed by atoms with Crippen LogP contribution in [0.5, 0.6) is 5.75 Å². The first-order chi connectivity index (χ1) is 21.3. The topological polar surface area (TPSA) is 61.8 Å². The minimum absolute atomic E-state index is 0.0590. The minimum atomic E-state index is -3.87. The largest absolute Gasteiger partial charge is 0.487 e. The van der Waals surface area contributed by atoms with E-state index in [-0.39, 0.29) is 24.4 Å². The maximum Gasteiger partial charge on any atom is 0.296 e. The molecular weight excluding hydrogens is 580 g/mol. The van der Waals surface area contributed by atoms with Gasteiger partial charge >= 0.3 is 0 Å². The average molecular weight is 629 g/mol. The van der Waals surface area contributed by atoms with Crippen molar-refractivity contribution in [1.82, 2.24) is 0 Å². The van der Waals surface area contributed by atoms with Crippen molar-refractivity contribution in [2.45, 2.75) is 83.2 Å². The zero-order valence-corrected chi connectivity index (χ0v) is 28.7. The van der Waals surface area contributed by atoms with Crippen LogP contribution in [0.1, 0.15) is 106 Å². The van der Waals surface area contributed by atoms with E-state index in [0.29, 0.717) is 6.42 Å². The molecule has 0 aliphatic rings. The van der Waals surface area contributed by atoms with Crippen molar-refractivity contribution in [3.63, 3.8) is 0 Å². The summed E-state index contributed by atoms with van der Waals surface area (Å²) in [6.45, 7) is 14.0. The minimum Gasteiger partial charge on any atom is -0.487 e. The van der Waals surface area contributed by atoms with Crippen LogP contribution in [0.25, 0.3) is 0 Å². The summed E-state index contributed by atoms with van der Waals surface area (Å²) in [6.07, 6.45) is 0.468. The van der Waals surface area contributed by atoms with Gasteiger partial charge in [0.1, 0.15) is 11.4 Å². The lowest BCUT2D eigenvalue weighted by Gasteiger charge is -2.34. The second kappa shape index (κ2) is 14.3. The Kier molecular flexibility index (Phi) is 11.0. The van der Waals surface area contributed by atoms with E-state index in [9.17, 15) is 8.42 Å². The third kappa shape index (κ3) is 8.23. The van der Waals surface area contributed by atoms with Crippen LogP contribution in [0.3, 0.4) is 0 Å². The molecule has 0 heterocycles. The first kappa shape index (κ1) is 34.4. The van der Waals surface area contributed by atoms with Crippen molar-refractivity contribution in [3.8, 4) is 5.75 Å². The quantitative estimate of drug-likeness (QED) is 0.130. The molecule has 4 aromatic carbocycles. The van der Waals surface area contributed by atoms with E-state index in [1.165, 1.54) is 36.1 Å². The van der Waals surface area contributed by atoms with E-state index >= 15 is 0 Å². The molecule has 6 heteroatoms. The van der Waals surface area contributed by atoms with Crippen LogP contribution >= 0.6 is 0 Å². The molecule has 0 aromatic heterocycles. The molecule has 4 rings (SSSR count). The van der Waals surface area contributed by atoms with Crippen molar-refractivity contribution in [1.29, 1.82) is 0 Å². The maximum absolute atomic E-state index is 12.4. The van der Waals surface area contributed by atoms with Crippen molar-refractivity contribution in [2.24, 2.45) is 0 Å². The second-order valence-electron chi connectivity index (χ2n) is 12.9. The van der Waals surface area contributed by atoms with Gasteiger partial charge in [-0.25, -0.2) is 0 Å². The number of rotatable bonds is 14. The van der Waals surface area contributed by atoms with Crippen molar-refractivity contribution in [2.75, 3.05) is 13.7 Å². The summed E-state index contributed by atoms with van der Waals surface area (Å²) in [4.78, 5) is -1.48. The molecule has 0 fully saturated rings. The van der Waals surface area contributed by atoms with Gasteiger partial charge in [0, 0.05) is 35.3 Å². The molecule has 0 radical (unpaired) electrons. The number of hydrogen-bond acceptors (Lipinski definition) is 5. The predicted octanol–water partition coefficient (Wildman–Crippen LogP) is 9.42. The molecule has 0 saturated heterocycles. The summed E-state index contributed by atoms with van der Waals surface area (Å²) in [6, 6.07) is 36.3. The molecule has 45 heavy (non-hydrogen) atoms. The Bertz CT molecular complexity index is 1560. The van der Waals surface area contributed by atoms with Gasteiger partial charge in [0.05, 0.1) is 13.7 Å². The van der Waals surface area contributed by atoms with Crippen LogP contribution in [0.4, 0.5) is 0 Å². The zero-order chi connectivity index (χ0) is 32.8. The molecule has 240 valence electrons. The fraction of sp³-hybridized carbons (Fsp3) is 0.385. The molecular formula is C39H48O5S. The first-order valence-electron chi connectivity index (χ1n) is 15.7. The van der Waals surface area contributed by atoms with E-state index in [2.05, 4.69) is 112 Å². The summed E-state index contributed by atoms with van der Waals surface area (Å²) in [5.74, 6) is 1.16. The fourth-order valence-corrected chi connectivity index (χ4v) is 6.26. The Morgan fingerprint density at radius 3 is 1.42 bits per heavy atom. The molecule has 0 amide bonds. The number of benzene rings is 4. The first-order valence-corrected chi connectivity index (χ1v) is 17.1. The summed E-state index contributed by atoms with van der Waals surface area (Å²) in [7, 11) is -2.72. The Morgan fingerprint density at radius 1 is 0.622 bits per heavy atom. The predicted molar refractivity (Wildman–Crippen MR) is 184 cm³/mol. The normalized spacial score (nSPS) is 14.5. The van der Waals surface area contributed by atoms with Gasteiger partial charge in [-0.2, -0.15) is 8.42 Å². The monoisotopic (exact) mass is 628 g/mol. The van der Waals surface area contributed by atoms with Crippen LogP contribution in [0, 0.1) is 0 Å². The molecule has 0 saturated carbocycles. The summed E-state index contributed by atoms with van der Waals surface area (Å²) in [5, 5.41) is 0. The number of ether oxygens (including phenoxy) is 2. The van der Waals surface area contributed by atoms with Gasteiger partial charge in [0.2, 0.25) is 0 Å². The zero-order valence-electron chi connectivity index (χ0n) is 27.9. The molecule has 0 aliphatic carbocycles. The highest BCUT2D eigenvalue weighted by molar-refractivity contribution is 7.87. The molecule has 4 aromatic rings. The van der Waals surface area contributed by atoms with Gasteiger partial charge in [-0.05, 0) is 49.9 Å². The summed E-state index contributed by atoms with van der Waals surface area (Å²) < 4.78 is 42.4. The standard InChI is InChI=1S/C39H48O5S/c1-28(31-18-12-9-13-19-31)34-26-35(29(2)32-20-14-10-15-21-32)37(36(27-34)30(3)33-22-16-11-17-23-33)44-38(4,5)24-25-43-39(6,7)45(40,41)42-8/h9-23,26-30H,24-25H2,1-8H3. The number of hydrogen-bond donors (Lipinski definition) is 0. The summed E-state index contributed by atoms with van der Waals surface area (Å²) in [5.41, 5.74) is 6.47. The van der Waals surface area contributed by atoms with Gasteiger partial charge in [0.25, 0.3) is 10.1 Å². The molecule has 0 bridgehead atoms. The van der Waals surface area contributed by atoms with Crippen molar-refractivity contribution >= 4 is 10.1 Å². The highest BCUT2D eigenvalue weighted by Crippen LogP contribution is 2.44. The Hall–Kier alpha value is -3.45. The Balaban J connectivity index is 1.83. The van der Waals surface area contributed by atoms with E-state index in [1.807, 2.05) is 26.0 Å². The lowest BCUT2D eigenvalue weighted by molar-refractivity contribution is -0.00176. The van der Waals surface area contributed by atoms with Gasteiger partial charge < -0.3 is 9.47 Å². The lowest BCUT2D eigenvalue weighted by Crippen LogP contribution is -2.38. The SMILES string of the molecule is COS(=O)(=O)C(C)(C)OCCC(C)(C)Oc1c(C(C)c2ccccc2)cc(C(C)c2ccccc2)cc1C(C)c1ccccc1. The smallest absolute Gasteiger partial charge is 0.296 e. The third-order valence-corrected chi connectivity index (χ3v) is 10.6. The van der Waals surface area contributed by atoms with Crippen LogP contribution in [-0.2, 0) is 19.0 Å². The fourth-order valence-electron chi connectivity index (χ4n) is 5.63. The molecule has 3 unspecified atom stereocenters. The van der Waals surface area contributed by atoms with Gasteiger partial charge in [0.15, 0.2) is 4.93 Å². The third-order valence-electron chi connectivity index (χ3n) is 8.85. The molecule has 0 aliphatic heterocycles. The molecule has 0 spiro atoms. The Labute approximate surface area is 270 Å². The summed E-state index contributed by atoms with van der Waals surface area (Å²) >= 11 is 0. The Morgan fingerprint density at radius 2 is 1.02 bits per heavy atom. The van der Waals surface area contributed by atoms with Gasteiger partial charge in [-0.1, -0.05) is 124 Å².